The quantitative estimate of drug-likeness (QED) is 0.455. The summed E-state index contributed by atoms with van der Waals surface area (Å²) < 4.78 is 42.7. The van der Waals surface area contributed by atoms with Gasteiger partial charge in [0.1, 0.15) is 11.9 Å². The Bertz CT molecular complexity index is 1550. The van der Waals surface area contributed by atoms with Crippen LogP contribution < -0.4 is 5.32 Å². The van der Waals surface area contributed by atoms with Crippen LogP contribution in [0.2, 0.25) is 0 Å². The molecule has 10 heteroatoms. The van der Waals surface area contributed by atoms with E-state index in [4.69, 9.17) is 0 Å². The molecule has 35 heavy (non-hydrogen) atoms. The number of halogens is 1. The molecule has 2 aromatic heterocycles. The molecule has 1 aliphatic rings. The molecule has 0 aliphatic carbocycles. The van der Waals surface area contributed by atoms with Gasteiger partial charge >= 0.3 is 0 Å². The number of hydrogen-bond donors (Lipinski definition) is 1. The number of benzene rings is 2. The van der Waals surface area contributed by atoms with E-state index >= 15 is 0 Å². The predicted molar refractivity (Wildman–Crippen MR) is 130 cm³/mol. The summed E-state index contributed by atoms with van der Waals surface area (Å²) in [6.07, 6.45) is 6.25. The molecule has 0 radical (unpaired) electrons. The molecule has 1 saturated heterocycles. The Labute approximate surface area is 202 Å². The van der Waals surface area contributed by atoms with E-state index in [-0.39, 0.29) is 16.6 Å². The van der Waals surface area contributed by atoms with Gasteiger partial charge in [-0.2, -0.15) is 14.7 Å². The Hall–Kier alpha value is -3.81. The van der Waals surface area contributed by atoms with E-state index in [1.54, 1.807) is 31.6 Å². The van der Waals surface area contributed by atoms with Crippen LogP contribution in [0, 0.1) is 17.1 Å². The number of nitrogens with one attached hydrogen (secondary N) is 1. The third-order valence-corrected chi connectivity index (χ3v) is 8.34. The molecular formula is C25H23FN6O2S. The van der Waals surface area contributed by atoms with Crippen molar-refractivity contribution in [2.24, 2.45) is 7.05 Å². The number of rotatable bonds is 5. The van der Waals surface area contributed by atoms with Crippen molar-refractivity contribution < 1.29 is 12.8 Å². The number of anilines is 1. The molecule has 3 heterocycles. The van der Waals surface area contributed by atoms with Gasteiger partial charge in [0.25, 0.3) is 10.0 Å². The first-order chi connectivity index (χ1) is 16.9. The number of aryl methyl sites for hydroxylation is 1. The molecule has 1 N–H and O–H groups in total. The maximum atomic E-state index is 13.9. The molecule has 0 spiro atoms. The smallest absolute Gasteiger partial charge is 0.260 e. The van der Waals surface area contributed by atoms with Crippen LogP contribution in [0.1, 0.15) is 18.4 Å². The molecule has 2 aromatic carbocycles. The van der Waals surface area contributed by atoms with Crippen molar-refractivity contribution in [2.45, 2.75) is 23.9 Å². The normalized spacial score (nSPS) is 15.2. The van der Waals surface area contributed by atoms with Crippen molar-refractivity contribution >= 4 is 26.5 Å². The number of aromatic nitrogens is 3. The van der Waals surface area contributed by atoms with Gasteiger partial charge in [0.15, 0.2) is 5.03 Å². The van der Waals surface area contributed by atoms with Crippen LogP contribution in [-0.4, -0.2) is 46.6 Å². The zero-order chi connectivity index (χ0) is 24.6. The minimum Gasteiger partial charge on any atom is -0.382 e. The second-order valence-electron chi connectivity index (χ2n) is 8.54. The molecule has 0 bridgehead atoms. The van der Waals surface area contributed by atoms with Crippen molar-refractivity contribution in [3.05, 3.63) is 72.4 Å². The van der Waals surface area contributed by atoms with Gasteiger partial charge < -0.3 is 5.32 Å². The van der Waals surface area contributed by atoms with Crippen LogP contribution in [0.5, 0.6) is 0 Å². The summed E-state index contributed by atoms with van der Waals surface area (Å²) >= 11 is 0. The molecule has 4 aromatic rings. The van der Waals surface area contributed by atoms with Crippen molar-refractivity contribution in [1.29, 1.82) is 5.26 Å². The summed E-state index contributed by atoms with van der Waals surface area (Å²) in [7, 11) is -1.98. The largest absolute Gasteiger partial charge is 0.382 e. The number of sulfonamides is 1. The monoisotopic (exact) mass is 490 g/mol. The summed E-state index contributed by atoms with van der Waals surface area (Å²) in [6.45, 7) is 0.787. The highest BCUT2D eigenvalue weighted by atomic mass is 32.2. The molecule has 5 rings (SSSR count). The predicted octanol–water partition coefficient (Wildman–Crippen LogP) is 3.91. The highest BCUT2D eigenvalue weighted by Gasteiger charge is 2.31. The second kappa shape index (κ2) is 9.09. The summed E-state index contributed by atoms with van der Waals surface area (Å²) in [4.78, 5) is 4.26. The Morgan fingerprint density at radius 3 is 2.60 bits per heavy atom. The first-order valence-corrected chi connectivity index (χ1v) is 12.6. The van der Waals surface area contributed by atoms with E-state index in [2.05, 4.69) is 15.4 Å². The van der Waals surface area contributed by atoms with E-state index in [9.17, 15) is 18.1 Å². The van der Waals surface area contributed by atoms with E-state index in [1.165, 1.54) is 27.3 Å². The van der Waals surface area contributed by atoms with E-state index in [1.807, 2.05) is 24.3 Å². The van der Waals surface area contributed by atoms with Gasteiger partial charge in [-0.15, -0.1) is 0 Å². The number of piperidine rings is 1. The molecule has 1 fully saturated rings. The number of pyridine rings is 1. The standard InChI is InChI=1S/C25H23FN6O2S/c1-31-25(5-9-29-31)35(33,34)32-10-6-21(7-11-32)30-24-14-19(13-18-4-8-28-16-22(18)24)17-2-3-23(26)20(12-17)15-27/h2-5,8-9,12-14,16,21,30H,6-7,10-11H2,1H3. The van der Waals surface area contributed by atoms with Crippen LogP contribution >= 0.6 is 0 Å². The van der Waals surface area contributed by atoms with Gasteiger partial charge in [-0.1, -0.05) is 6.07 Å². The highest BCUT2D eigenvalue weighted by molar-refractivity contribution is 7.89. The number of fused-ring (bicyclic) bond motifs is 1. The fourth-order valence-electron chi connectivity index (χ4n) is 4.48. The molecule has 0 atom stereocenters. The Morgan fingerprint density at radius 1 is 1.09 bits per heavy atom. The zero-order valence-electron chi connectivity index (χ0n) is 19.0. The zero-order valence-corrected chi connectivity index (χ0v) is 19.8. The first kappa shape index (κ1) is 23.0. The SMILES string of the molecule is Cn1nccc1S(=O)(=O)N1CCC(Nc2cc(-c3ccc(F)c(C#N)c3)cc3ccncc23)CC1. The minimum atomic E-state index is -3.59. The molecule has 0 unspecified atom stereocenters. The van der Waals surface area contributed by atoms with Gasteiger partial charge in [-0.3, -0.25) is 9.67 Å². The van der Waals surface area contributed by atoms with Gasteiger partial charge in [-0.05, 0) is 65.8 Å². The summed E-state index contributed by atoms with van der Waals surface area (Å²) in [5, 5.41) is 18.9. The lowest BCUT2D eigenvalue weighted by Gasteiger charge is -2.32. The number of hydrogen-bond acceptors (Lipinski definition) is 6. The van der Waals surface area contributed by atoms with Gasteiger partial charge in [0.2, 0.25) is 0 Å². The molecule has 1 aliphatic heterocycles. The molecule has 178 valence electrons. The lowest BCUT2D eigenvalue weighted by molar-refractivity contribution is 0.327. The van der Waals surface area contributed by atoms with E-state index < -0.39 is 15.8 Å². The molecule has 0 amide bonds. The third kappa shape index (κ3) is 4.36. The molecule has 8 nitrogen and oxygen atoms in total. The fourth-order valence-corrected chi connectivity index (χ4v) is 6.05. The van der Waals surface area contributed by atoms with Crippen LogP contribution in [-0.2, 0) is 17.1 Å². The summed E-state index contributed by atoms with van der Waals surface area (Å²) in [6, 6.07) is 13.8. The first-order valence-electron chi connectivity index (χ1n) is 11.2. The van der Waals surface area contributed by atoms with Gasteiger partial charge in [0.05, 0.1) is 11.8 Å². The van der Waals surface area contributed by atoms with Crippen LogP contribution in [0.25, 0.3) is 21.9 Å². The Kier molecular flexibility index (Phi) is 5.96. The Morgan fingerprint density at radius 2 is 1.89 bits per heavy atom. The van der Waals surface area contributed by atoms with Crippen molar-refractivity contribution in [3.8, 4) is 17.2 Å². The lowest BCUT2D eigenvalue weighted by Crippen LogP contribution is -2.42. The summed E-state index contributed by atoms with van der Waals surface area (Å²) in [5.74, 6) is -0.549. The Balaban J connectivity index is 1.40. The number of nitriles is 1. The number of nitrogens with zero attached hydrogens (tertiary/aromatic N) is 5. The van der Waals surface area contributed by atoms with Crippen LogP contribution in [0.15, 0.2) is 66.1 Å². The third-order valence-electron chi connectivity index (χ3n) is 6.37. The average Bonchev–Trinajstić information content (AvgIpc) is 3.31. The highest BCUT2D eigenvalue weighted by Crippen LogP contribution is 2.33. The molecular weight excluding hydrogens is 467 g/mol. The topological polar surface area (TPSA) is 104 Å². The van der Waals surface area contributed by atoms with Gasteiger partial charge in [-0.25, -0.2) is 12.8 Å². The fraction of sp³-hybridized carbons (Fsp3) is 0.240. The average molecular weight is 491 g/mol. The van der Waals surface area contributed by atoms with Crippen molar-refractivity contribution in [2.75, 3.05) is 18.4 Å². The second-order valence-corrected chi connectivity index (χ2v) is 10.4. The van der Waals surface area contributed by atoms with Crippen molar-refractivity contribution in [1.82, 2.24) is 19.1 Å². The molecule has 0 saturated carbocycles. The van der Waals surface area contributed by atoms with Crippen LogP contribution in [0.4, 0.5) is 10.1 Å². The van der Waals surface area contributed by atoms with Gasteiger partial charge in [0, 0.05) is 49.6 Å². The summed E-state index contributed by atoms with van der Waals surface area (Å²) in [5.41, 5.74) is 2.44. The maximum absolute atomic E-state index is 13.9. The lowest BCUT2D eigenvalue weighted by atomic mass is 9.98. The van der Waals surface area contributed by atoms with Crippen molar-refractivity contribution in [3.63, 3.8) is 0 Å². The minimum absolute atomic E-state index is 0.00571. The van der Waals surface area contributed by atoms with E-state index in [0.29, 0.717) is 25.9 Å². The van der Waals surface area contributed by atoms with E-state index in [0.717, 1.165) is 27.6 Å². The van der Waals surface area contributed by atoms with Crippen LogP contribution in [0.3, 0.4) is 0 Å². The maximum Gasteiger partial charge on any atom is 0.260 e.